The van der Waals surface area contributed by atoms with Crippen molar-refractivity contribution in [1.29, 1.82) is 0 Å². The van der Waals surface area contributed by atoms with Crippen molar-refractivity contribution in [3.8, 4) is 5.75 Å². The molecule has 1 aromatic carbocycles. The van der Waals surface area contributed by atoms with Gasteiger partial charge in [0.05, 0.1) is 5.02 Å². The van der Waals surface area contributed by atoms with Gasteiger partial charge in [-0.25, -0.2) is 0 Å². The number of hydrogen-bond donors (Lipinski definition) is 1. The lowest BCUT2D eigenvalue weighted by Crippen LogP contribution is -2.20. The molecule has 0 fully saturated rings. The first-order chi connectivity index (χ1) is 8.13. The van der Waals surface area contributed by atoms with Gasteiger partial charge in [-0.2, -0.15) is 0 Å². The summed E-state index contributed by atoms with van der Waals surface area (Å²) < 4.78 is 5.55. The number of hydrogen-bond acceptors (Lipinski definition) is 2. The minimum Gasteiger partial charge on any atom is -0.488 e. The molecule has 0 aliphatic heterocycles. The van der Waals surface area contributed by atoms with Crippen molar-refractivity contribution in [3.05, 3.63) is 40.4 Å². The van der Waals surface area contributed by atoms with Crippen LogP contribution in [-0.4, -0.2) is 19.7 Å². The van der Waals surface area contributed by atoms with E-state index in [2.05, 4.69) is 18.8 Å². The zero-order valence-electron chi connectivity index (χ0n) is 9.93. The molecule has 4 heteroatoms. The summed E-state index contributed by atoms with van der Waals surface area (Å²) in [4.78, 5) is 0. The van der Waals surface area contributed by atoms with E-state index in [0.29, 0.717) is 22.4 Å². The van der Waals surface area contributed by atoms with E-state index in [0.717, 1.165) is 25.1 Å². The van der Waals surface area contributed by atoms with E-state index in [4.69, 9.17) is 27.9 Å². The second-order valence-electron chi connectivity index (χ2n) is 3.79. The van der Waals surface area contributed by atoms with Crippen LogP contribution in [-0.2, 0) is 0 Å². The van der Waals surface area contributed by atoms with Crippen molar-refractivity contribution in [3.63, 3.8) is 0 Å². The van der Waals surface area contributed by atoms with Gasteiger partial charge in [0.1, 0.15) is 12.4 Å². The van der Waals surface area contributed by atoms with Crippen LogP contribution in [0.15, 0.2) is 30.4 Å². The fraction of sp³-hybridized carbons (Fsp3) is 0.385. The summed E-state index contributed by atoms with van der Waals surface area (Å²) in [6.07, 6.45) is 1.11. The fourth-order valence-corrected chi connectivity index (χ4v) is 1.73. The second kappa shape index (κ2) is 7.59. The molecule has 0 bridgehead atoms. The Hall–Kier alpha value is -0.700. The third-order valence-corrected chi connectivity index (χ3v) is 2.66. The van der Waals surface area contributed by atoms with Crippen LogP contribution in [0.3, 0.4) is 0 Å². The minimum atomic E-state index is 0.456. The summed E-state index contributed by atoms with van der Waals surface area (Å²) >= 11 is 11.8. The molecule has 1 rings (SSSR count). The van der Waals surface area contributed by atoms with Gasteiger partial charge in [-0.1, -0.05) is 36.7 Å². The molecule has 0 amide bonds. The van der Waals surface area contributed by atoms with Crippen LogP contribution < -0.4 is 10.1 Å². The fourth-order valence-electron chi connectivity index (χ4n) is 1.27. The molecule has 0 heterocycles. The predicted octanol–water partition coefficient (Wildman–Crippen LogP) is 3.93. The van der Waals surface area contributed by atoms with Crippen LogP contribution in [0.5, 0.6) is 5.75 Å². The zero-order chi connectivity index (χ0) is 12.7. The molecular weight excluding hydrogens is 257 g/mol. The Morgan fingerprint density at radius 3 is 2.82 bits per heavy atom. The van der Waals surface area contributed by atoms with Crippen LogP contribution >= 0.6 is 23.2 Å². The molecule has 0 aliphatic carbocycles. The average molecular weight is 274 g/mol. The Bertz CT molecular complexity index is 380. The maximum absolute atomic E-state index is 5.99. The predicted molar refractivity (Wildman–Crippen MR) is 74.3 cm³/mol. The molecule has 0 spiro atoms. The van der Waals surface area contributed by atoms with Gasteiger partial charge in [0, 0.05) is 11.6 Å². The first-order valence-electron chi connectivity index (χ1n) is 5.58. The zero-order valence-corrected chi connectivity index (χ0v) is 11.4. The average Bonchev–Trinajstić information content (AvgIpc) is 2.28. The molecule has 0 saturated heterocycles. The third kappa shape index (κ3) is 5.44. The largest absolute Gasteiger partial charge is 0.488 e. The Labute approximate surface area is 113 Å². The SMILES string of the molecule is C=C(CNCCC)COc1ccc(Cl)cc1Cl. The van der Waals surface area contributed by atoms with Gasteiger partial charge in [-0.05, 0) is 36.7 Å². The molecule has 0 radical (unpaired) electrons. The van der Waals surface area contributed by atoms with E-state index in [1.54, 1.807) is 18.2 Å². The first kappa shape index (κ1) is 14.4. The number of nitrogens with one attached hydrogen (secondary N) is 1. The Kier molecular flexibility index (Phi) is 6.41. The van der Waals surface area contributed by atoms with Gasteiger partial charge < -0.3 is 10.1 Å². The topological polar surface area (TPSA) is 21.3 Å². The van der Waals surface area contributed by atoms with Gasteiger partial charge in [0.25, 0.3) is 0 Å². The maximum atomic E-state index is 5.99. The quantitative estimate of drug-likeness (QED) is 0.601. The Balaban J connectivity index is 2.37. The van der Waals surface area contributed by atoms with Crippen molar-refractivity contribution in [2.75, 3.05) is 19.7 Å². The third-order valence-electron chi connectivity index (χ3n) is 2.13. The minimum absolute atomic E-state index is 0.456. The van der Waals surface area contributed by atoms with Crippen molar-refractivity contribution in [2.24, 2.45) is 0 Å². The summed E-state index contributed by atoms with van der Waals surface area (Å²) in [6.45, 7) is 8.26. The van der Waals surface area contributed by atoms with Crippen LogP contribution in [0.4, 0.5) is 0 Å². The maximum Gasteiger partial charge on any atom is 0.138 e. The van der Waals surface area contributed by atoms with E-state index >= 15 is 0 Å². The molecule has 1 aromatic rings. The van der Waals surface area contributed by atoms with Crippen LogP contribution in [0.25, 0.3) is 0 Å². The highest BCUT2D eigenvalue weighted by molar-refractivity contribution is 6.35. The van der Waals surface area contributed by atoms with E-state index < -0.39 is 0 Å². The lowest BCUT2D eigenvalue weighted by molar-refractivity contribution is 0.348. The highest BCUT2D eigenvalue weighted by atomic mass is 35.5. The molecule has 0 aliphatic rings. The van der Waals surface area contributed by atoms with Gasteiger partial charge in [0.2, 0.25) is 0 Å². The molecule has 0 atom stereocenters. The molecule has 0 aromatic heterocycles. The molecule has 0 saturated carbocycles. The number of rotatable bonds is 7. The van der Waals surface area contributed by atoms with Crippen molar-refractivity contribution < 1.29 is 4.74 Å². The van der Waals surface area contributed by atoms with E-state index in [1.807, 2.05) is 0 Å². The smallest absolute Gasteiger partial charge is 0.138 e. The van der Waals surface area contributed by atoms with E-state index in [9.17, 15) is 0 Å². The van der Waals surface area contributed by atoms with Crippen LogP contribution in [0.1, 0.15) is 13.3 Å². The first-order valence-corrected chi connectivity index (χ1v) is 6.34. The standard InChI is InChI=1S/C13H17Cl2NO/c1-3-6-16-8-10(2)9-17-13-5-4-11(14)7-12(13)15/h4-5,7,16H,2-3,6,8-9H2,1H3. The number of benzene rings is 1. The number of ether oxygens (including phenoxy) is 1. The van der Waals surface area contributed by atoms with Gasteiger partial charge >= 0.3 is 0 Å². The summed E-state index contributed by atoms with van der Waals surface area (Å²) in [5.41, 5.74) is 0.990. The molecule has 0 unspecified atom stereocenters. The molecule has 2 nitrogen and oxygen atoms in total. The Morgan fingerprint density at radius 2 is 2.18 bits per heavy atom. The highest BCUT2D eigenvalue weighted by Crippen LogP contribution is 2.27. The Morgan fingerprint density at radius 1 is 1.41 bits per heavy atom. The van der Waals surface area contributed by atoms with Crippen LogP contribution in [0.2, 0.25) is 10.0 Å². The van der Waals surface area contributed by atoms with E-state index in [-0.39, 0.29) is 0 Å². The summed E-state index contributed by atoms with van der Waals surface area (Å²) in [6, 6.07) is 5.18. The van der Waals surface area contributed by atoms with E-state index in [1.165, 1.54) is 0 Å². The van der Waals surface area contributed by atoms with Gasteiger partial charge in [-0.3, -0.25) is 0 Å². The summed E-state index contributed by atoms with van der Waals surface area (Å²) in [5.74, 6) is 0.632. The lowest BCUT2D eigenvalue weighted by atomic mass is 10.3. The van der Waals surface area contributed by atoms with Gasteiger partial charge in [0.15, 0.2) is 0 Å². The lowest BCUT2D eigenvalue weighted by Gasteiger charge is -2.10. The van der Waals surface area contributed by atoms with Crippen molar-refractivity contribution in [1.82, 2.24) is 5.32 Å². The molecule has 1 N–H and O–H groups in total. The molecule has 17 heavy (non-hydrogen) atoms. The second-order valence-corrected chi connectivity index (χ2v) is 4.63. The monoisotopic (exact) mass is 273 g/mol. The number of halogens is 2. The summed E-state index contributed by atoms with van der Waals surface area (Å²) in [7, 11) is 0. The van der Waals surface area contributed by atoms with Gasteiger partial charge in [-0.15, -0.1) is 0 Å². The molecule has 94 valence electrons. The van der Waals surface area contributed by atoms with Crippen LogP contribution in [0, 0.1) is 0 Å². The van der Waals surface area contributed by atoms with Crippen molar-refractivity contribution >= 4 is 23.2 Å². The summed E-state index contributed by atoms with van der Waals surface area (Å²) in [5, 5.41) is 4.38. The molecular formula is C13H17Cl2NO. The highest BCUT2D eigenvalue weighted by Gasteiger charge is 2.03. The normalized spacial score (nSPS) is 10.3. The van der Waals surface area contributed by atoms with Crippen molar-refractivity contribution in [2.45, 2.75) is 13.3 Å².